The number of carbonyl (C=O) groups excluding carboxylic acids is 1. The number of aliphatic hydroxyl groups is 2. The Morgan fingerprint density at radius 3 is 2.55 bits per heavy atom. The Balaban J connectivity index is 1.43. The van der Waals surface area contributed by atoms with Gasteiger partial charge in [0.25, 0.3) is 0 Å². The van der Waals surface area contributed by atoms with E-state index in [9.17, 15) is 15.0 Å². The molecule has 31 heavy (non-hydrogen) atoms. The summed E-state index contributed by atoms with van der Waals surface area (Å²) in [6, 6.07) is 0. The number of carbonyl (C=O) groups is 1. The van der Waals surface area contributed by atoms with Gasteiger partial charge in [0.05, 0.1) is 23.9 Å². The number of aliphatic hydroxyl groups excluding tert-OH is 1. The molecule has 4 saturated carbocycles. The van der Waals surface area contributed by atoms with Crippen molar-refractivity contribution in [3.8, 4) is 0 Å². The molecule has 174 valence electrons. The molecule has 0 saturated heterocycles. The highest BCUT2D eigenvalue weighted by atomic mass is 16.5. The highest BCUT2D eigenvalue weighted by molar-refractivity contribution is 5.85. The van der Waals surface area contributed by atoms with E-state index in [1.807, 2.05) is 0 Å². The zero-order valence-corrected chi connectivity index (χ0v) is 19.6. The molecule has 1 aliphatic heterocycles. The van der Waals surface area contributed by atoms with Gasteiger partial charge in [0.2, 0.25) is 0 Å². The number of cyclic esters (lactones) is 1. The number of hydrogen-bond acceptors (Lipinski definition) is 5. The summed E-state index contributed by atoms with van der Waals surface area (Å²) in [5, 5.41) is 23.8. The van der Waals surface area contributed by atoms with Crippen molar-refractivity contribution in [2.45, 2.75) is 103 Å². The van der Waals surface area contributed by atoms with E-state index in [-0.39, 0.29) is 29.3 Å². The van der Waals surface area contributed by atoms with Crippen LogP contribution in [-0.2, 0) is 14.3 Å². The predicted octanol–water partition coefficient (Wildman–Crippen LogP) is 4.01. The predicted molar refractivity (Wildman–Crippen MR) is 117 cm³/mol. The van der Waals surface area contributed by atoms with E-state index in [1.54, 1.807) is 6.08 Å². The molecular formula is C26H40O5. The average molecular weight is 433 g/mol. The van der Waals surface area contributed by atoms with Crippen molar-refractivity contribution in [3.05, 3.63) is 11.6 Å². The van der Waals surface area contributed by atoms with Gasteiger partial charge in [0.15, 0.2) is 0 Å². The molecule has 0 bridgehead atoms. The van der Waals surface area contributed by atoms with Crippen LogP contribution in [-0.4, -0.2) is 46.7 Å². The SMILES string of the molecule is CC(C)OC1CCC2(C)C(CCC3C2CC(O)C2(C)C(C4=CC(=O)OC4)CCC32O)C1. The van der Waals surface area contributed by atoms with Gasteiger partial charge in [0, 0.05) is 11.5 Å². The molecule has 9 atom stereocenters. The van der Waals surface area contributed by atoms with E-state index in [0.29, 0.717) is 31.0 Å². The lowest BCUT2D eigenvalue weighted by molar-refractivity contribution is -0.246. The van der Waals surface area contributed by atoms with Gasteiger partial charge >= 0.3 is 5.97 Å². The van der Waals surface area contributed by atoms with Crippen LogP contribution in [0.25, 0.3) is 0 Å². The van der Waals surface area contributed by atoms with Crippen LogP contribution in [0.15, 0.2) is 11.6 Å². The second-order valence-corrected chi connectivity index (χ2v) is 12.0. The van der Waals surface area contributed by atoms with E-state index >= 15 is 0 Å². The Morgan fingerprint density at radius 2 is 1.87 bits per heavy atom. The highest BCUT2D eigenvalue weighted by Gasteiger charge is 2.70. The quantitative estimate of drug-likeness (QED) is 0.659. The zero-order chi connectivity index (χ0) is 22.2. The van der Waals surface area contributed by atoms with Gasteiger partial charge < -0.3 is 19.7 Å². The fraction of sp³-hybridized carbons (Fsp3) is 0.885. The van der Waals surface area contributed by atoms with Crippen molar-refractivity contribution in [2.24, 2.45) is 34.5 Å². The minimum atomic E-state index is -0.883. The Morgan fingerprint density at radius 1 is 1.10 bits per heavy atom. The molecule has 2 N–H and O–H groups in total. The molecule has 1 heterocycles. The first-order chi connectivity index (χ1) is 14.6. The minimum Gasteiger partial charge on any atom is -0.458 e. The fourth-order valence-corrected chi connectivity index (χ4v) is 8.86. The summed E-state index contributed by atoms with van der Waals surface area (Å²) in [6.45, 7) is 9.06. The topological polar surface area (TPSA) is 76.0 Å². The van der Waals surface area contributed by atoms with Crippen LogP contribution in [0.1, 0.15) is 79.1 Å². The molecule has 9 unspecified atom stereocenters. The van der Waals surface area contributed by atoms with E-state index < -0.39 is 17.1 Å². The lowest BCUT2D eigenvalue weighted by Gasteiger charge is -2.65. The molecule has 0 aromatic rings. The zero-order valence-electron chi connectivity index (χ0n) is 19.6. The van der Waals surface area contributed by atoms with Crippen molar-refractivity contribution < 1.29 is 24.5 Å². The molecule has 4 fully saturated rings. The van der Waals surface area contributed by atoms with E-state index in [0.717, 1.165) is 50.5 Å². The number of hydrogen-bond donors (Lipinski definition) is 2. The number of rotatable bonds is 3. The van der Waals surface area contributed by atoms with Gasteiger partial charge in [-0.25, -0.2) is 4.79 Å². The molecule has 0 radical (unpaired) electrons. The Labute approximate surface area is 186 Å². The monoisotopic (exact) mass is 432 g/mol. The van der Waals surface area contributed by atoms with Crippen molar-refractivity contribution in [2.75, 3.05) is 6.61 Å². The largest absolute Gasteiger partial charge is 0.458 e. The van der Waals surface area contributed by atoms with Gasteiger partial charge in [0.1, 0.15) is 6.61 Å². The fourth-order valence-electron chi connectivity index (χ4n) is 8.86. The smallest absolute Gasteiger partial charge is 0.331 e. The molecule has 0 spiro atoms. The van der Waals surface area contributed by atoms with Crippen LogP contribution >= 0.6 is 0 Å². The molecule has 0 aromatic carbocycles. The van der Waals surface area contributed by atoms with Crippen LogP contribution in [0.3, 0.4) is 0 Å². The molecule has 0 amide bonds. The van der Waals surface area contributed by atoms with Crippen molar-refractivity contribution in [1.82, 2.24) is 0 Å². The summed E-state index contributed by atoms with van der Waals surface area (Å²) in [5.41, 5.74) is -0.380. The van der Waals surface area contributed by atoms with Crippen LogP contribution < -0.4 is 0 Å². The van der Waals surface area contributed by atoms with Gasteiger partial charge in [-0.05, 0) is 99.9 Å². The van der Waals surface area contributed by atoms with Crippen LogP contribution in [0.2, 0.25) is 0 Å². The summed E-state index contributed by atoms with van der Waals surface area (Å²) < 4.78 is 11.4. The molecular weight excluding hydrogens is 392 g/mol. The molecule has 5 aliphatic rings. The second-order valence-electron chi connectivity index (χ2n) is 12.0. The second kappa shape index (κ2) is 7.30. The van der Waals surface area contributed by atoms with Gasteiger partial charge in [-0.2, -0.15) is 0 Å². The third-order valence-corrected chi connectivity index (χ3v) is 10.5. The van der Waals surface area contributed by atoms with Gasteiger partial charge in [-0.1, -0.05) is 13.8 Å². The summed E-state index contributed by atoms with van der Waals surface area (Å²) in [4.78, 5) is 11.7. The van der Waals surface area contributed by atoms with Crippen molar-refractivity contribution in [1.29, 1.82) is 0 Å². The summed E-state index contributed by atoms with van der Waals surface area (Å²) in [5.74, 6) is 0.889. The first-order valence-electron chi connectivity index (χ1n) is 12.5. The third kappa shape index (κ3) is 3.02. The van der Waals surface area contributed by atoms with Crippen LogP contribution in [0.5, 0.6) is 0 Å². The van der Waals surface area contributed by atoms with Crippen molar-refractivity contribution in [3.63, 3.8) is 0 Å². The summed E-state index contributed by atoms with van der Waals surface area (Å²) >= 11 is 0. The highest BCUT2D eigenvalue weighted by Crippen LogP contribution is 2.70. The molecule has 0 aromatic heterocycles. The standard InChI is InChI=1S/C26H40O5/c1-15(2)31-18-7-9-24(3)17(12-18)5-6-20-21(24)13-22(27)25(4)19(8-10-26(20,25)29)16-11-23(28)30-14-16/h11,15,17-22,27,29H,5-10,12-14H2,1-4H3. The summed E-state index contributed by atoms with van der Waals surface area (Å²) in [7, 11) is 0. The van der Waals surface area contributed by atoms with Gasteiger partial charge in [-0.15, -0.1) is 0 Å². The minimum absolute atomic E-state index is 0.0145. The maximum atomic E-state index is 12.3. The number of fused-ring (bicyclic) bond motifs is 5. The number of ether oxygens (including phenoxy) is 2. The first-order valence-corrected chi connectivity index (χ1v) is 12.5. The third-order valence-electron chi connectivity index (χ3n) is 10.5. The Hall–Kier alpha value is -0.910. The van der Waals surface area contributed by atoms with Gasteiger partial charge in [-0.3, -0.25) is 0 Å². The maximum absolute atomic E-state index is 12.3. The van der Waals surface area contributed by atoms with E-state index in [2.05, 4.69) is 27.7 Å². The van der Waals surface area contributed by atoms with Crippen LogP contribution in [0.4, 0.5) is 0 Å². The normalized spacial score (nSPS) is 51.7. The molecule has 4 aliphatic carbocycles. The molecule has 5 rings (SSSR count). The average Bonchev–Trinajstić information content (AvgIpc) is 3.24. The Bertz CT molecular complexity index is 776. The van der Waals surface area contributed by atoms with E-state index in [4.69, 9.17) is 9.47 Å². The molecule has 5 heteroatoms. The summed E-state index contributed by atoms with van der Waals surface area (Å²) in [6.07, 6.45) is 9.40. The number of esters is 1. The lowest BCUT2D eigenvalue weighted by Crippen LogP contribution is -2.67. The first kappa shape index (κ1) is 21.9. The Kier molecular flexibility index (Phi) is 5.16. The van der Waals surface area contributed by atoms with Crippen molar-refractivity contribution >= 4 is 5.97 Å². The maximum Gasteiger partial charge on any atom is 0.331 e. The van der Waals surface area contributed by atoms with Crippen LogP contribution in [0, 0.1) is 34.5 Å². The van der Waals surface area contributed by atoms with E-state index in [1.165, 1.54) is 0 Å². The lowest BCUT2D eigenvalue weighted by atomic mass is 9.42. The molecule has 5 nitrogen and oxygen atoms in total.